The summed E-state index contributed by atoms with van der Waals surface area (Å²) in [4.78, 5) is 36.7. The van der Waals surface area contributed by atoms with Crippen LogP contribution in [0.1, 0.15) is 26.3 Å². The van der Waals surface area contributed by atoms with Gasteiger partial charge in [0.2, 0.25) is 5.91 Å². The molecule has 148 valence electrons. The number of nitrogens with zero attached hydrogens (tertiary/aromatic N) is 3. The van der Waals surface area contributed by atoms with E-state index in [2.05, 4.69) is 10.3 Å². The van der Waals surface area contributed by atoms with Gasteiger partial charge in [0.15, 0.2) is 5.17 Å². The molecule has 0 spiro atoms. The van der Waals surface area contributed by atoms with Crippen LogP contribution in [0.2, 0.25) is 0 Å². The normalized spacial score (nSPS) is 18.7. The van der Waals surface area contributed by atoms with E-state index in [0.29, 0.717) is 11.0 Å². The number of amidine groups is 2. The van der Waals surface area contributed by atoms with Gasteiger partial charge >= 0.3 is 0 Å². The van der Waals surface area contributed by atoms with Crippen molar-refractivity contribution in [3.05, 3.63) is 60.2 Å². The van der Waals surface area contributed by atoms with Crippen LogP contribution < -0.4 is 5.32 Å². The molecule has 0 bridgehead atoms. The first-order valence-corrected chi connectivity index (χ1v) is 10.5. The quantitative estimate of drug-likeness (QED) is 0.832. The van der Waals surface area contributed by atoms with Crippen LogP contribution in [0.5, 0.6) is 0 Å². The highest BCUT2D eigenvalue weighted by molar-refractivity contribution is 8.15. The number of carbonyl (C=O) groups excluding carboxylic acids is 2. The number of hydrogen-bond acceptors (Lipinski definition) is 5. The van der Waals surface area contributed by atoms with Crippen molar-refractivity contribution in [1.29, 1.82) is 0 Å². The van der Waals surface area contributed by atoms with Crippen LogP contribution in [-0.2, 0) is 9.59 Å². The summed E-state index contributed by atoms with van der Waals surface area (Å²) in [7, 11) is 0. The molecule has 2 aliphatic rings. The highest BCUT2D eigenvalue weighted by atomic mass is 32.2. The monoisotopic (exact) mass is 406 g/mol. The minimum absolute atomic E-state index is 0.0813. The molecule has 2 aliphatic heterocycles. The van der Waals surface area contributed by atoms with E-state index < -0.39 is 11.3 Å². The van der Waals surface area contributed by atoms with Crippen LogP contribution in [-0.4, -0.2) is 39.0 Å². The molecular formula is C22H22N4O2S. The van der Waals surface area contributed by atoms with E-state index in [1.165, 1.54) is 11.8 Å². The molecule has 0 aliphatic carbocycles. The minimum Gasteiger partial charge on any atom is -0.325 e. The van der Waals surface area contributed by atoms with Crippen molar-refractivity contribution < 1.29 is 9.59 Å². The maximum atomic E-state index is 13.1. The maximum Gasteiger partial charge on any atom is 0.259 e. The second-order valence-electron chi connectivity index (χ2n) is 7.34. The SMILES string of the molecule is CC(C)[C@@H]1N=C2c3ccccc3N=C(S[C@@H](C)C(=O)Nc3ccccc3)N2C1=O. The molecule has 0 saturated carbocycles. The zero-order valence-electron chi connectivity index (χ0n) is 16.5. The summed E-state index contributed by atoms with van der Waals surface area (Å²) in [6.45, 7) is 5.77. The molecule has 0 saturated heterocycles. The molecule has 29 heavy (non-hydrogen) atoms. The van der Waals surface area contributed by atoms with Gasteiger partial charge in [-0.25, -0.2) is 9.89 Å². The predicted octanol–water partition coefficient (Wildman–Crippen LogP) is 4.06. The number of aliphatic imine (C=N–C) groups is 2. The largest absolute Gasteiger partial charge is 0.325 e. The Labute approximate surface area is 174 Å². The summed E-state index contributed by atoms with van der Waals surface area (Å²) < 4.78 is 0. The Morgan fingerprint density at radius 3 is 2.48 bits per heavy atom. The first-order valence-electron chi connectivity index (χ1n) is 9.58. The Morgan fingerprint density at radius 1 is 1.07 bits per heavy atom. The lowest BCUT2D eigenvalue weighted by Gasteiger charge is -2.27. The van der Waals surface area contributed by atoms with Crippen molar-refractivity contribution in [3.63, 3.8) is 0 Å². The molecule has 2 amide bonds. The number of anilines is 1. The lowest BCUT2D eigenvalue weighted by molar-refractivity contribution is -0.125. The molecule has 4 rings (SSSR count). The van der Waals surface area contributed by atoms with Gasteiger partial charge in [0.05, 0.1) is 10.9 Å². The molecule has 2 aromatic rings. The van der Waals surface area contributed by atoms with Crippen LogP contribution in [0.15, 0.2) is 64.6 Å². The molecule has 6 nitrogen and oxygen atoms in total. The maximum absolute atomic E-state index is 13.1. The fourth-order valence-electron chi connectivity index (χ4n) is 3.26. The zero-order chi connectivity index (χ0) is 20.5. The molecule has 7 heteroatoms. The Balaban J connectivity index is 1.61. The van der Waals surface area contributed by atoms with Gasteiger partial charge in [-0.05, 0) is 37.1 Å². The summed E-state index contributed by atoms with van der Waals surface area (Å²) in [6, 6.07) is 16.5. The number of hydrogen-bond donors (Lipinski definition) is 1. The number of fused-ring (bicyclic) bond motifs is 3. The Bertz CT molecular complexity index is 1020. The first kappa shape index (κ1) is 19.4. The van der Waals surface area contributed by atoms with Crippen molar-refractivity contribution in [2.75, 3.05) is 5.32 Å². The average Bonchev–Trinajstić information content (AvgIpc) is 3.07. The van der Waals surface area contributed by atoms with Crippen LogP contribution in [0.4, 0.5) is 11.4 Å². The van der Waals surface area contributed by atoms with E-state index >= 15 is 0 Å². The first-order chi connectivity index (χ1) is 14.0. The number of carbonyl (C=O) groups is 2. The number of amides is 2. The Morgan fingerprint density at radius 2 is 1.76 bits per heavy atom. The minimum atomic E-state index is -0.439. The standard InChI is InChI=1S/C22H22N4O2S/c1-13(2)18-21(28)26-19(25-18)16-11-7-8-12-17(16)24-22(26)29-14(3)20(27)23-15-9-5-4-6-10-15/h4-14,18H,1-3H3,(H,23,27)/t14-,18-/m0/s1. The third-order valence-corrected chi connectivity index (χ3v) is 5.88. The highest BCUT2D eigenvalue weighted by Gasteiger charge is 2.43. The molecule has 0 radical (unpaired) electrons. The van der Waals surface area contributed by atoms with Crippen LogP contribution >= 0.6 is 11.8 Å². The van der Waals surface area contributed by atoms with Crippen LogP contribution in [0.3, 0.4) is 0 Å². The third-order valence-electron chi connectivity index (χ3n) is 4.82. The summed E-state index contributed by atoms with van der Waals surface area (Å²) in [6.07, 6.45) is 0. The molecule has 0 aromatic heterocycles. The Hall–Kier alpha value is -2.93. The van der Waals surface area contributed by atoms with Gasteiger partial charge in [-0.1, -0.05) is 55.9 Å². The van der Waals surface area contributed by atoms with E-state index in [1.54, 1.807) is 4.90 Å². The second kappa shape index (κ2) is 7.83. The van der Waals surface area contributed by atoms with Gasteiger partial charge in [0.1, 0.15) is 11.9 Å². The average molecular weight is 407 g/mol. The number of thioether (sulfide) groups is 1. The lowest BCUT2D eigenvalue weighted by Crippen LogP contribution is -2.43. The predicted molar refractivity (Wildman–Crippen MR) is 118 cm³/mol. The van der Waals surface area contributed by atoms with Crippen molar-refractivity contribution in [1.82, 2.24) is 4.90 Å². The Kier molecular flexibility index (Phi) is 5.24. The van der Waals surface area contributed by atoms with Gasteiger partial charge in [0, 0.05) is 11.3 Å². The number of para-hydroxylation sites is 2. The number of benzene rings is 2. The van der Waals surface area contributed by atoms with E-state index in [9.17, 15) is 9.59 Å². The molecule has 1 N–H and O–H groups in total. The fraction of sp³-hybridized carbons (Fsp3) is 0.273. The van der Waals surface area contributed by atoms with Gasteiger partial charge in [-0.2, -0.15) is 0 Å². The second-order valence-corrected chi connectivity index (χ2v) is 8.65. The van der Waals surface area contributed by atoms with Gasteiger partial charge in [-0.15, -0.1) is 0 Å². The molecule has 0 fully saturated rings. The van der Waals surface area contributed by atoms with Crippen molar-refractivity contribution in [2.24, 2.45) is 15.9 Å². The van der Waals surface area contributed by atoms with E-state index in [1.807, 2.05) is 75.4 Å². The van der Waals surface area contributed by atoms with E-state index in [0.717, 1.165) is 16.9 Å². The molecule has 2 heterocycles. The number of nitrogens with one attached hydrogen (secondary N) is 1. The fourth-order valence-corrected chi connectivity index (χ4v) is 4.17. The van der Waals surface area contributed by atoms with E-state index in [4.69, 9.17) is 4.99 Å². The molecule has 2 atom stereocenters. The van der Waals surface area contributed by atoms with Crippen LogP contribution in [0, 0.1) is 5.92 Å². The van der Waals surface area contributed by atoms with E-state index in [-0.39, 0.29) is 17.7 Å². The molecular weight excluding hydrogens is 384 g/mol. The summed E-state index contributed by atoms with van der Waals surface area (Å²) in [5.41, 5.74) is 2.34. The highest BCUT2D eigenvalue weighted by Crippen LogP contribution is 2.35. The zero-order valence-corrected chi connectivity index (χ0v) is 17.3. The summed E-state index contributed by atoms with van der Waals surface area (Å²) in [5, 5.41) is 2.95. The summed E-state index contributed by atoms with van der Waals surface area (Å²) >= 11 is 1.27. The van der Waals surface area contributed by atoms with Crippen molar-refractivity contribution in [3.8, 4) is 0 Å². The van der Waals surface area contributed by atoms with Crippen molar-refractivity contribution >= 4 is 46.0 Å². The number of rotatable bonds is 4. The molecule has 2 aromatic carbocycles. The lowest BCUT2D eigenvalue weighted by atomic mass is 10.1. The van der Waals surface area contributed by atoms with Gasteiger partial charge in [0.25, 0.3) is 5.91 Å². The summed E-state index contributed by atoms with van der Waals surface area (Å²) in [5.74, 6) is 0.468. The van der Waals surface area contributed by atoms with Crippen LogP contribution in [0.25, 0.3) is 0 Å². The third kappa shape index (κ3) is 3.70. The molecule has 0 unspecified atom stereocenters. The topological polar surface area (TPSA) is 74.1 Å². The van der Waals surface area contributed by atoms with Gasteiger partial charge < -0.3 is 5.32 Å². The van der Waals surface area contributed by atoms with Crippen molar-refractivity contribution in [2.45, 2.75) is 32.1 Å². The van der Waals surface area contributed by atoms with Gasteiger partial charge in [-0.3, -0.25) is 14.6 Å². The smallest absolute Gasteiger partial charge is 0.259 e.